The van der Waals surface area contributed by atoms with E-state index in [9.17, 15) is 9.59 Å². The van der Waals surface area contributed by atoms with Crippen molar-refractivity contribution in [2.75, 3.05) is 26.5 Å². The van der Waals surface area contributed by atoms with Crippen LogP contribution in [0.4, 0.5) is 4.79 Å². The number of hydrogen-bond acceptors (Lipinski definition) is 6. The van der Waals surface area contributed by atoms with Crippen LogP contribution in [0.5, 0.6) is 5.75 Å². The van der Waals surface area contributed by atoms with Crippen molar-refractivity contribution in [1.29, 1.82) is 0 Å². The van der Waals surface area contributed by atoms with Gasteiger partial charge in [0.2, 0.25) is 0 Å². The summed E-state index contributed by atoms with van der Waals surface area (Å²) >= 11 is 1.72. The molecule has 1 aliphatic carbocycles. The van der Waals surface area contributed by atoms with Gasteiger partial charge in [0.1, 0.15) is 17.9 Å². The summed E-state index contributed by atoms with van der Waals surface area (Å²) in [7, 11) is 3.03. The van der Waals surface area contributed by atoms with E-state index in [1.54, 1.807) is 23.8 Å². The first kappa shape index (κ1) is 24.3. The van der Waals surface area contributed by atoms with Crippen LogP contribution in [0, 0.1) is 0 Å². The molecule has 0 radical (unpaired) electrons. The van der Waals surface area contributed by atoms with E-state index in [0.29, 0.717) is 25.1 Å². The van der Waals surface area contributed by atoms with E-state index in [2.05, 4.69) is 18.2 Å². The molecule has 36 heavy (non-hydrogen) atoms. The van der Waals surface area contributed by atoms with Crippen molar-refractivity contribution in [1.82, 2.24) is 4.90 Å². The lowest BCUT2D eigenvalue weighted by molar-refractivity contribution is -0.153. The summed E-state index contributed by atoms with van der Waals surface area (Å²) in [6.07, 6.45) is 0.334. The predicted molar refractivity (Wildman–Crippen MR) is 138 cm³/mol. The molecule has 7 heteroatoms. The van der Waals surface area contributed by atoms with Crippen LogP contribution in [-0.4, -0.2) is 49.0 Å². The standard InChI is InChI=1S/C29H29NO5S/c1-33-23-14-13-22-16-29(26(31)34-2)18-28(25(22)15-23,20-36-24-11-7-4-8-12-24)19-30(29)27(32)35-17-21-9-5-3-6-10-21/h3-15H,16-20H2,1-2H3/t28-,29+/m0/s1. The first-order valence-electron chi connectivity index (χ1n) is 11.9. The quantitative estimate of drug-likeness (QED) is 0.325. The second kappa shape index (κ2) is 9.90. The van der Waals surface area contributed by atoms with Gasteiger partial charge in [-0.3, -0.25) is 4.90 Å². The number of rotatable bonds is 7. The Labute approximate surface area is 215 Å². The summed E-state index contributed by atoms with van der Waals surface area (Å²) in [5.74, 6) is 1.04. The molecule has 0 spiro atoms. The van der Waals surface area contributed by atoms with Crippen molar-refractivity contribution in [3.05, 3.63) is 95.6 Å². The number of carbonyl (C=O) groups is 2. The maximum absolute atomic E-state index is 13.5. The minimum absolute atomic E-state index is 0.139. The zero-order chi connectivity index (χ0) is 25.2. The first-order chi connectivity index (χ1) is 17.5. The Morgan fingerprint density at radius 3 is 2.39 bits per heavy atom. The zero-order valence-electron chi connectivity index (χ0n) is 20.4. The Hall–Kier alpha value is -3.45. The van der Waals surface area contributed by atoms with E-state index in [4.69, 9.17) is 14.2 Å². The maximum Gasteiger partial charge on any atom is 0.411 e. The highest BCUT2D eigenvalue weighted by atomic mass is 32.2. The molecule has 2 bridgehead atoms. The summed E-state index contributed by atoms with van der Waals surface area (Å²) in [6, 6.07) is 25.7. The Balaban J connectivity index is 1.52. The van der Waals surface area contributed by atoms with Gasteiger partial charge in [-0.15, -0.1) is 11.8 Å². The zero-order valence-corrected chi connectivity index (χ0v) is 21.3. The summed E-state index contributed by atoms with van der Waals surface area (Å²) in [5.41, 5.74) is 1.44. The first-order valence-corrected chi connectivity index (χ1v) is 12.9. The van der Waals surface area contributed by atoms with Gasteiger partial charge in [0.15, 0.2) is 0 Å². The van der Waals surface area contributed by atoms with Gasteiger partial charge in [-0.05, 0) is 47.4 Å². The summed E-state index contributed by atoms with van der Waals surface area (Å²) in [6.45, 7) is 0.496. The van der Waals surface area contributed by atoms with Gasteiger partial charge in [0.05, 0.1) is 14.2 Å². The molecule has 1 amide bonds. The molecule has 0 unspecified atom stereocenters. The van der Waals surface area contributed by atoms with E-state index in [0.717, 1.165) is 27.3 Å². The highest BCUT2D eigenvalue weighted by molar-refractivity contribution is 7.99. The molecule has 1 saturated heterocycles. The van der Waals surface area contributed by atoms with Gasteiger partial charge < -0.3 is 14.2 Å². The largest absolute Gasteiger partial charge is 0.497 e. The number of nitrogens with zero attached hydrogens (tertiary/aromatic N) is 1. The number of fused-ring (bicyclic) bond motifs is 4. The smallest absolute Gasteiger partial charge is 0.411 e. The van der Waals surface area contributed by atoms with Crippen molar-refractivity contribution >= 4 is 23.8 Å². The third-order valence-corrected chi connectivity index (χ3v) is 8.53. The molecule has 6 nitrogen and oxygen atoms in total. The monoisotopic (exact) mass is 503 g/mol. The minimum Gasteiger partial charge on any atom is -0.497 e. The van der Waals surface area contributed by atoms with Crippen LogP contribution >= 0.6 is 11.8 Å². The number of likely N-dealkylation sites (tertiary alicyclic amines) is 1. The van der Waals surface area contributed by atoms with Gasteiger partial charge >= 0.3 is 12.1 Å². The maximum atomic E-state index is 13.5. The van der Waals surface area contributed by atoms with Gasteiger partial charge in [-0.25, -0.2) is 9.59 Å². The van der Waals surface area contributed by atoms with Crippen molar-refractivity contribution in [3.8, 4) is 5.75 Å². The van der Waals surface area contributed by atoms with Crippen LogP contribution in [0.15, 0.2) is 83.8 Å². The number of methoxy groups -OCH3 is 2. The van der Waals surface area contributed by atoms with Gasteiger partial charge in [0.25, 0.3) is 0 Å². The molecule has 2 aliphatic rings. The third kappa shape index (κ3) is 4.32. The minimum atomic E-state index is -1.12. The molecule has 1 heterocycles. The molecule has 1 fully saturated rings. The number of ether oxygens (including phenoxy) is 3. The lowest BCUT2D eigenvalue weighted by Gasteiger charge is -2.39. The number of carbonyl (C=O) groups excluding carboxylic acids is 2. The summed E-state index contributed by atoms with van der Waals surface area (Å²) < 4.78 is 16.6. The van der Waals surface area contributed by atoms with Crippen LogP contribution in [0.2, 0.25) is 0 Å². The van der Waals surface area contributed by atoms with Gasteiger partial charge in [-0.2, -0.15) is 0 Å². The fourth-order valence-corrected chi connectivity index (χ4v) is 6.68. The van der Waals surface area contributed by atoms with Crippen LogP contribution in [0.1, 0.15) is 23.1 Å². The number of hydrogen-bond donors (Lipinski definition) is 0. The van der Waals surface area contributed by atoms with E-state index in [1.165, 1.54) is 7.11 Å². The Morgan fingerprint density at radius 2 is 1.69 bits per heavy atom. The lowest BCUT2D eigenvalue weighted by Crippen LogP contribution is -2.55. The van der Waals surface area contributed by atoms with Crippen molar-refractivity contribution in [3.63, 3.8) is 0 Å². The molecule has 2 atom stereocenters. The normalized spacial score (nSPS) is 22.0. The van der Waals surface area contributed by atoms with E-state index in [-0.39, 0.29) is 6.61 Å². The predicted octanol–water partition coefficient (Wildman–Crippen LogP) is 5.24. The average molecular weight is 504 g/mol. The fourth-order valence-electron chi connectivity index (χ4n) is 5.54. The average Bonchev–Trinajstić information content (AvgIpc) is 3.22. The molecule has 1 aliphatic heterocycles. The van der Waals surface area contributed by atoms with Crippen molar-refractivity contribution in [2.45, 2.75) is 35.3 Å². The number of benzene rings is 3. The Bertz CT molecular complexity index is 1250. The lowest BCUT2D eigenvalue weighted by atomic mass is 9.67. The molecule has 186 valence electrons. The third-order valence-electron chi connectivity index (χ3n) is 7.23. The molecule has 0 aromatic heterocycles. The second-order valence-corrected chi connectivity index (χ2v) is 10.5. The van der Waals surface area contributed by atoms with E-state index >= 15 is 0 Å². The SMILES string of the molecule is COC(=O)[C@]12Cc3ccc(OC)cc3[C@](CSc3ccccc3)(CN1C(=O)OCc1ccccc1)C2. The highest BCUT2D eigenvalue weighted by Crippen LogP contribution is 2.54. The Morgan fingerprint density at radius 1 is 0.972 bits per heavy atom. The van der Waals surface area contributed by atoms with Crippen LogP contribution in [0.25, 0.3) is 0 Å². The fraction of sp³-hybridized carbons (Fsp3) is 0.310. The topological polar surface area (TPSA) is 65.1 Å². The Kier molecular flexibility index (Phi) is 6.67. The molecular weight excluding hydrogens is 474 g/mol. The van der Waals surface area contributed by atoms with Gasteiger partial charge in [0, 0.05) is 29.0 Å². The number of amides is 1. The molecule has 0 N–H and O–H groups in total. The molecule has 5 rings (SSSR count). The number of esters is 1. The molecule has 3 aromatic rings. The van der Waals surface area contributed by atoms with Gasteiger partial charge in [-0.1, -0.05) is 54.6 Å². The molecule has 3 aromatic carbocycles. The van der Waals surface area contributed by atoms with Crippen molar-refractivity contribution < 1.29 is 23.8 Å². The van der Waals surface area contributed by atoms with Crippen molar-refractivity contribution in [2.24, 2.45) is 0 Å². The van der Waals surface area contributed by atoms with Crippen LogP contribution < -0.4 is 4.74 Å². The van der Waals surface area contributed by atoms with E-state index in [1.807, 2.05) is 60.7 Å². The summed E-state index contributed by atoms with van der Waals surface area (Å²) in [4.78, 5) is 29.7. The molecular formula is C29H29NO5S. The summed E-state index contributed by atoms with van der Waals surface area (Å²) in [5, 5.41) is 0. The van der Waals surface area contributed by atoms with Crippen LogP contribution in [0.3, 0.4) is 0 Å². The molecule has 0 saturated carbocycles. The second-order valence-electron chi connectivity index (χ2n) is 9.41. The van der Waals surface area contributed by atoms with Crippen LogP contribution in [-0.2, 0) is 32.7 Å². The number of thioether (sulfide) groups is 1. The van der Waals surface area contributed by atoms with E-state index < -0.39 is 23.0 Å². The highest BCUT2D eigenvalue weighted by Gasteiger charge is 2.64.